The number of aryl methyl sites for hydroxylation is 1. The van der Waals surface area contributed by atoms with Crippen LogP contribution in [0.25, 0.3) is 0 Å². The molecule has 0 saturated carbocycles. The van der Waals surface area contributed by atoms with Crippen LogP contribution in [0.3, 0.4) is 0 Å². The molecule has 0 aliphatic rings. The smallest absolute Gasteiger partial charge is 0.228 e. The molecule has 0 aliphatic heterocycles. The molecule has 0 spiro atoms. The number of unbranched alkanes of at least 4 members (excludes halogenated alkanes) is 2. The average molecular weight is 262 g/mol. The predicted molar refractivity (Wildman–Crippen MR) is 81.1 cm³/mol. The Hall–Kier alpha value is -1.35. The Bertz CT molecular complexity index is 384. The van der Waals surface area contributed by atoms with Gasteiger partial charge in [0.25, 0.3) is 0 Å². The highest BCUT2D eigenvalue weighted by Crippen LogP contribution is 2.14. The molecule has 19 heavy (non-hydrogen) atoms. The SMILES string of the molecule is CCCCCc1ccc(NC(=O)C(C)C(C)N)cc1. The van der Waals surface area contributed by atoms with Crippen LogP contribution in [0.5, 0.6) is 0 Å². The highest BCUT2D eigenvalue weighted by atomic mass is 16.1. The molecule has 1 aromatic rings. The van der Waals surface area contributed by atoms with E-state index in [2.05, 4.69) is 24.4 Å². The zero-order chi connectivity index (χ0) is 14.3. The molecular formula is C16H26N2O. The highest BCUT2D eigenvalue weighted by molar-refractivity contribution is 5.92. The number of rotatable bonds is 7. The number of nitrogens with two attached hydrogens (primary N) is 1. The van der Waals surface area contributed by atoms with Crippen molar-refractivity contribution in [1.82, 2.24) is 0 Å². The summed E-state index contributed by atoms with van der Waals surface area (Å²) < 4.78 is 0. The van der Waals surface area contributed by atoms with Crippen LogP contribution in [0.4, 0.5) is 5.69 Å². The van der Waals surface area contributed by atoms with E-state index >= 15 is 0 Å². The van der Waals surface area contributed by atoms with Gasteiger partial charge < -0.3 is 11.1 Å². The van der Waals surface area contributed by atoms with Crippen molar-refractivity contribution in [3.8, 4) is 0 Å². The first-order chi connectivity index (χ1) is 9.04. The lowest BCUT2D eigenvalue weighted by atomic mass is 10.0. The normalized spacial score (nSPS) is 13.9. The minimum absolute atomic E-state index is 0.0197. The van der Waals surface area contributed by atoms with Gasteiger partial charge in [-0.15, -0.1) is 0 Å². The first kappa shape index (κ1) is 15.7. The van der Waals surface area contributed by atoms with Crippen molar-refractivity contribution in [3.63, 3.8) is 0 Å². The summed E-state index contributed by atoms with van der Waals surface area (Å²) in [5, 5.41) is 2.90. The molecule has 0 aromatic heterocycles. The number of nitrogens with one attached hydrogen (secondary N) is 1. The molecule has 1 rings (SSSR count). The average Bonchev–Trinajstić information content (AvgIpc) is 2.40. The molecule has 1 aromatic carbocycles. The van der Waals surface area contributed by atoms with Gasteiger partial charge in [0.1, 0.15) is 0 Å². The largest absolute Gasteiger partial charge is 0.327 e. The number of anilines is 1. The molecule has 1 amide bonds. The lowest BCUT2D eigenvalue weighted by Gasteiger charge is -2.15. The number of carbonyl (C=O) groups excluding carboxylic acids is 1. The number of benzene rings is 1. The molecule has 0 heterocycles. The van der Waals surface area contributed by atoms with Gasteiger partial charge in [-0.3, -0.25) is 4.79 Å². The van der Waals surface area contributed by atoms with Gasteiger partial charge in [0.05, 0.1) is 5.92 Å². The fourth-order valence-electron chi connectivity index (χ4n) is 1.83. The van der Waals surface area contributed by atoms with Crippen molar-refractivity contribution in [1.29, 1.82) is 0 Å². The van der Waals surface area contributed by atoms with Crippen LogP contribution >= 0.6 is 0 Å². The Morgan fingerprint density at radius 1 is 1.21 bits per heavy atom. The molecule has 2 atom stereocenters. The van der Waals surface area contributed by atoms with E-state index in [0.29, 0.717) is 0 Å². The van der Waals surface area contributed by atoms with Gasteiger partial charge in [0.15, 0.2) is 0 Å². The van der Waals surface area contributed by atoms with Crippen molar-refractivity contribution >= 4 is 11.6 Å². The second kappa shape index (κ2) is 7.95. The summed E-state index contributed by atoms with van der Waals surface area (Å²) in [4.78, 5) is 11.9. The Balaban J connectivity index is 2.50. The van der Waals surface area contributed by atoms with Crippen molar-refractivity contribution in [2.24, 2.45) is 11.7 Å². The van der Waals surface area contributed by atoms with Crippen LogP contribution < -0.4 is 11.1 Å². The predicted octanol–water partition coefficient (Wildman–Crippen LogP) is 3.34. The number of amides is 1. The van der Waals surface area contributed by atoms with Crippen LogP contribution in [0.15, 0.2) is 24.3 Å². The lowest BCUT2D eigenvalue weighted by molar-refractivity contribution is -0.119. The molecule has 0 bridgehead atoms. The Kier molecular flexibility index (Phi) is 6.57. The molecule has 0 radical (unpaired) electrons. The van der Waals surface area contributed by atoms with E-state index in [1.54, 1.807) is 0 Å². The Morgan fingerprint density at radius 3 is 2.37 bits per heavy atom. The van der Waals surface area contributed by atoms with Gasteiger partial charge in [0, 0.05) is 11.7 Å². The maximum atomic E-state index is 11.9. The van der Waals surface area contributed by atoms with E-state index < -0.39 is 0 Å². The molecule has 3 nitrogen and oxygen atoms in total. The molecular weight excluding hydrogens is 236 g/mol. The van der Waals surface area contributed by atoms with E-state index in [4.69, 9.17) is 5.73 Å². The third kappa shape index (κ3) is 5.43. The second-order valence-corrected chi connectivity index (χ2v) is 5.29. The summed E-state index contributed by atoms with van der Waals surface area (Å²) in [6.07, 6.45) is 4.84. The van der Waals surface area contributed by atoms with Crippen LogP contribution in [0, 0.1) is 5.92 Å². The first-order valence-electron chi connectivity index (χ1n) is 7.20. The summed E-state index contributed by atoms with van der Waals surface area (Å²) >= 11 is 0. The van der Waals surface area contributed by atoms with Crippen LogP contribution in [-0.4, -0.2) is 11.9 Å². The number of hydrogen-bond donors (Lipinski definition) is 2. The first-order valence-corrected chi connectivity index (χ1v) is 7.20. The van der Waals surface area contributed by atoms with Gasteiger partial charge in [-0.2, -0.15) is 0 Å². The fourth-order valence-corrected chi connectivity index (χ4v) is 1.83. The van der Waals surface area contributed by atoms with Gasteiger partial charge in [0.2, 0.25) is 5.91 Å². The zero-order valence-electron chi connectivity index (χ0n) is 12.3. The number of hydrogen-bond acceptors (Lipinski definition) is 2. The van der Waals surface area contributed by atoms with Crippen molar-refractivity contribution < 1.29 is 4.79 Å². The maximum Gasteiger partial charge on any atom is 0.228 e. The van der Waals surface area contributed by atoms with E-state index in [-0.39, 0.29) is 17.9 Å². The summed E-state index contributed by atoms with van der Waals surface area (Å²) in [5.74, 6) is -0.196. The van der Waals surface area contributed by atoms with Crippen LogP contribution in [0.2, 0.25) is 0 Å². The monoisotopic (exact) mass is 262 g/mol. The molecule has 0 fully saturated rings. The minimum atomic E-state index is -0.177. The standard InChI is InChI=1S/C16H26N2O/c1-4-5-6-7-14-8-10-15(11-9-14)18-16(19)12(2)13(3)17/h8-13H,4-7,17H2,1-3H3,(H,18,19). The quantitative estimate of drug-likeness (QED) is 0.740. The highest BCUT2D eigenvalue weighted by Gasteiger charge is 2.16. The van der Waals surface area contributed by atoms with Gasteiger partial charge >= 0.3 is 0 Å². The molecule has 106 valence electrons. The van der Waals surface area contributed by atoms with Crippen molar-refractivity contribution in [2.75, 3.05) is 5.32 Å². The number of carbonyl (C=O) groups is 1. The molecule has 3 N–H and O–H groups in total. The van der Waals surface area contributed by atoms with Gasteiger partial charge in [-0.05, 0) is 37.5 Å². The molecule has 3 heteroatoms. The Morgan fingerprint density at radius 2 is 1.84 bits per heavy atom. The maximum absolute atomic E-state index is 11.9. The molecule has 0 saturated heterocycles. The second-order valence-electron chi connectivity index (χ2n) is 5.29. The zero-order valence-corrected chi connectivity index (χ0v) is 12.3. The summed E-state index contributed by atoms with van der Waals surface area (Å²) in [5.41, 5.74) is 7.89. The summed E-state index contributed by atoms with van der Waals surface area (Å²) in [7, 11) is 0. The van der Waals surface area contributed by atoms with E-state index in [9.17, 15) is 4.79 Å². The van der Waals surface area contributed by atoms with Gasteiger partial charge in [-0.1, -0.05) is 38.8 Å². The lowest BCUT2D eigenvalue weighted by Crippen LogP contribution is -2.34. The summed E-state index contributed by atoms with van der Waals surface area (Å²) in [6.45, 7) is 5.90. The Labute approximate surface area is 116 Å². The fraction of sp³-hybridized carbons (Fsp3) is 0.562. The van der Waals surface area contributed by atoms with E-state index in [1.165, 1.54) is 24.8 Å². The van der Waals surface area contributed by atoms with Crippen molar-refractivity contribution in [3.05, 3.63) is 29.8 Å². The third-order valence-electron chi connectivity index (χ3n) is 3.49. The van der Waals surface area contributed by atoms with Crippen LogP contribution in [-0.2, 0) is 11.2 Å². The molecule has 2 unspecified atom stereocenters. The van der Waals surface area contributed by atoms with E-state index in [0.717, 1.165) is 12.1 Å². The van der Waals surface area contributed by atoms with Gasteiger partial charge in [-0.25, -0.2) is 0 Å². The summed E-state index contributed by atoms with van der Waals surface area (Å²) in [6, 6.07) is 7.97. The third-order valence-corrected chi connectivity index (χ3v) is 3.49. The van der Waals surface area contributed by atoms with E-state index in [1.807, 2.05) is 26.0 Å². The minimum Gasteiger partial charge on any atom is -0.327 e. The van der Waals surface area contributed by atoms with Crippen LogP contribution in [0.1, 0.15) is 45.6 Å². The topological polar surface area (TPSA) is 55.1 Å². The molecule has 0 aliphatic carbocycles. The van der Waals surface area contributed by atoms with Crippen molar-refractivity contribution in [2.45, 2.75) is 52.5 Å².